The quantitative estimate of drug-likeness (QED) is 0.390. The molecule has 0 saturated heterocycles. The molecule has 4 nitrogen and oxygen atoms in total. The second-order valence-electron chi connectivity index (χ2n) is 8.86. The van der Waals surface area contributed by atoms with Crippen LogP contribution in [-0.4, -0.2) is 11.5 Å². The fourth-order valence-electron chi connectivity index (χ4n) is 5.26. The highest BCUT2D eigenvalue weighted by Gasteiger charge is 2.43. The van der Waals surface area contributed by atoms with Gasteiger partial charge in [0.1, 0.15) is 5.82 Å². The summed E-state index contributed by atoms with van der Waals surface area (Å²) in [7, 11) is 0. The summed E-state index contributed by atoms with van der Waals surface area (Å²) in [6, 6.07) is 22.7. The van der Waals surface area contributed by atoms with Crippen LogP contribution in [-0.2, 0) is 4.79 Å². The number of benzene rings is 2. The minimum atomic E-state index is -0.431. The topological polar surface area (TPSA) is 70.1 Å². The smallest absolute Gasteiger partial charge is 0.162 e. The highest BCUT2D eigenvalue weighted by atomic mass is 32.2. The van der Waals surface area contributed by atoms with E-state index in [2.05, 4.69) is 31.2 Å². The first-order valence-corrected chi connectivity index (χ1v) is 13.7. The van der Waals surface area contributed by atoms with Crippen molar-refractivity contribution in [3.8, 4) is 6.07 Å². The first-order chi connectivity index (χ1) is 17.0. The van der Waals surface area contributed by atoms with Gasteiger partial charge in [0.05, 0.1) is 27.5 Å². The lowest BCUT2D eigenvalue weighted by Crippen LogP contribution is -2.40. The number of thioether (sulfide) groups is 1. The van der Waals surface area contributed by atoms with Gasteiger partial charge in [-0.15, -0.1) is 23.1 Å². The third kappa shape index (κ3) is 4.09. The van der Waals surface area contributed by atoms with Gasteiger partial charge in [-0.2, -0.15) is 5.26 Å². The molecule has 2 atom stereocenters. The molecule has 0 unspecified atom stereocenters. The summed E-state index contributed by atoms with van der Waals surface area (Å²) in [6.45, 7) is 4.15. The normalized spacial score (nSPS) is 20.1. The number of rotatable bonds is 5. The molecular formula is C29H27N3OS2. The van der Waals surface area contributed by atoms with Crippen LogP contribution in [0.15, 0.2) is 92.9 Å². The number of nitriles is 1. The lowest BCUT2D eigenvalue weighted by molar-refractivity contribution is -0.116. The van der Waals surface area contributed by atoms with E-state index in [4.69, 9.17) is 5.73 Å². The fraction of sp³-hybridized carbons (Fsp3) is 0.241. The Bertz CT molecular complexity index is 1380. The maximum absolute atomic E-state index is 14.0. The van der Waals surface area contributed by atoms with Crippen LogP contribution in [0.4, 0.5) is 5.69 Å². The summed E-state index contributed by atoms with van der Waals surface area (Å²) in [5.41, 5.74) is 13.1. The van der Waals surface area contributed by atoms with Crippen LogP contribution >= 0.6 is 23.1 Å². The van der Waals surface area contributed by atoms with E-state index in [1.165, 1.54) is 0 Å². The van der Waals surface area contributed by atoms with Crippen LogP contribution < -0.4 is 10.6 Å². The Morgan fingerprint density at radius 2 is 1.86 bits per heavy atom. The highest BCUT2D eigenvalue weighted by Crippen LogP contribution is 2.51. The van der Waals surface area contributed by atoms with E-state index in [0.717, 1.165) is 43.6 Å². The van der Waals surface area contributed by atoms with Gasteiger partial charge in [-0.05, 0) is 59.2 Å². The number of aryl methyl sites for hydroxylation is 1. The third-order valence-corrected chi connectivity index (χ3v) is 8.99. The molecule has 1 aliphatic carbocycles. The second-order valence-corrected chi connectivity index (χ2v) is 11.3. The summed E-state index contributed by atoms with van der Waals surface area (Å²) < 4.78 is 1.15. The van der Waals surface area contributed by atoms with Crippen molar-refractivity contribution in [3.05, 3.63) is 105 Å². The van der Waals surface area contributed by atoms with Crippen molar-refractivity contribution in [2.45, 2.75) is 42.7 Å². The molecule has 5 rings (SSSR count). The molecular weight excluding hydrogens is 470 g/mol. The van der Waals surface area contributed by atoms with Gasteiger partial charge in [-0.3, -0.25) is 9.69 Å². The SMILES string of the molecule is CCSc1sccc1[C@H]1C(C#N)=C(N)N(c2ccccc2C)C2=C1C(=O)C[C@@H](c1ccccc1)C2. The number of thiophene rings is 1. The molecule has 2 aliphatic rings. The Morgan fingerprint density at radius 3 is 2.57 bits per heavy atom. The van der Waals surface area contributed by atoms with Crippen LogP contribution in [0.3, 0.4) is 0 Å². The Kier molecular flexibility index (Phi) is 6.55. The van der Waals surface area contributed by atoms with Crippen molar-refractivity contribution < 1.29 is 4.79 Å². The molecule has 0 amide bonds. The number of carbonyl (C=O) groups is 1. The number of Topliss-reactive ketones (excluding diaryl/α,β-unsaturated/α-hetero) is 1. The predicted molar refractivity (Wildman–Crippen MR) is 144 cm³/mol. The Hall–Kier alpha value is -3.27. The van der Waals surface area contributed by atoms with Gasteiger partial charge in [-0.1, -0.05) is 55.5 Å². The van der Waals surface area contributed by atoms with Crippen molar-refractivity contribution in [2.75, 3.05) is 10.7 Å². The van der Waals surface area contributed by atoms with Gasteiger partial charge in [-0.25, -0.2) is 0 Å². The number of anilines is 1. The highest BCUT2D eigenvalue weighted by molar-refractivity contribution is 8.01. The van der Waals surface area contributed by atoms with Gasteiger partial charge in [0.25, 0.3) is 0 Å². The number of para-hydroxylation sites is 1. The molecule has 0 bridgehead atoms. The summed E-state index contributed by atoms with van der Waals surface area (Å²) in [4.78, 5) is 15.9. The molecule has 35 heavy (non-hydrogen) atoms. The minimum Gasteiger partial charge on any atom is -0.384 e. The maximum atomic E-state index is 14.0. The number of allylic oxidation sites excluding steroid dienone is 3. The fourth-order valence-corrected chi connectivity index (χ4v) is 7.33. The maximum Gasteiger partial charge on any atom is 0.162 e. The second kappa shape index (κ2) is 9.77. The molecule has 0 fully saturated rings. The lowest BCUT2D eigenvalue weighted by Gasteiger charge is -2.42. The average Bonchev–Trinajstić information content (AvgIpc) is 3.32. The van der Waals surface area contributed by atoms with E-state index in [9.17, 15) is 10.1 Å². The zero-order valence-corrected chi connectivity index (χ0v) is 21.5. The van der Waals surface area contributed by atoms with Crippen LogP contribution in [0.5, 0.6) is 0 Å². The molecule has 1 aliphatic heterocycles. The van der Waals surface area contributed by atoms with Crippen molar-refractivity contribution in [3.63, 3.8) is 0 Å². The van der Waals surface area contributed by atoms with Gasteiger partial charge in [0.2, 0.25) is 0 Å². The Labute approximate surface area is 214 Å². The number of hydrogen-bond donors (Lipinski definition) is 1. The zero-order chi connectivity index (χ0) is 24.5. The molecule has 176 valence electrons. The number of ketones is 1. The molecule has 0 radical (unpaired) electrons. The third-order valence-electron chi connectivity index (χ3n) is 6.84. The van der Waals surface area contributed by atoms with E-state index in [0.29, 0.717) is 24.2 Å². The van der Waals surface area contributed by atoms with E-state index in [1.807, 2.05) is 59.7 Å². The largest absolute Gasteiger partial charge is 0.384 e. The minimum absolute atomic E-state index is 0.0676. The molecule has 1 aromatic heterocycles. The predicted octanol–water partition coefficient (Wildman–Crippen LogP) is 6.87. The van der Waals surface area contributed by atoms with Gasteiger partial charge >= 0.3 is 0 Å². The van der Waals surface area contributed by atoms with Crippen LogP contribution in [0.25, 0.3) is 0 Å². The molecule has 2 aromatic carbocycles. The molecule has 6 heteroatoms. The van der Waals surface area contributed by atoms with Gasteiger partial charge < -0.3 is 5.73 Å². The van der Waals surface area contributed by atoms with E-state index in [1.54, 1.807) is 23.1 Å². The van der Waals surface area contributed by atoms with Crippen molar-refractivity contribution in [1.82, 2.24) is 0 Å². The zero-order valence-electron chi connectivity index (χ0n) is 19.8. The molecule has 2 N–H and O–H groups in total. The van der Waals surface area contributed by atoms with Crippen molar-refractivity contribution in [1.29, 1.82) is 5.26 Å². The average molecular weight is 498 g/mol. The van der Waals surface area contributed by atoms with E-state index in [-0.39, 0.29) is 11.7 Å². The Balaban J connectivity index is 1.74. The Morgan fingerprint density at radius 1 is 1.11 bits per heavy atom. The van der Waals surface area contributed by atoms with Gasteiger partial charge in [0.15, 0.2) is 5.78 Å². The number of nitrogens with two attached hydrogens (primary N) is 1. The monoisotopic (exact) mass is 497 g/mol. The molecule has 0 saturated carbocycles. The number of hydrogen-bond acceptors (Lipinski definition) is 6. The van der Waals surface area contributed by atoms with E-state index < -0.39 is 5.92 Å². The molecule has 2 heterocycles. The standard InChI is InChI=1S/C29H27N3OS2/c1-3-34-29-21(13-14-35-29)26-22(17-30)28(31)32(23-12-8-7-9-18(23)2)24-15-20(16-25(33)27(24)26)19-10-5-4-6-11-19/h4-14,20,26H,3,15-16,31H2,1-2H3/t20-,26-/m0/s1. The summed E-state index contributed by atoms with van der Waals surface area (Å²) >= 11 is 3.41. The van der Waals surface area contributed by atoms with Crippen LogP contribution in [0.2, 0.25) is 0 Å². The van der Waals surface area contributed by atoms with Crippen molar-refractivity contribution >= 4 is 34.6 Å². The van der Waals surface area contributed by atoms with Crippen LogP contribution in [0, 0.1) is 18.3 Å². The first-order valence-electron chi connectivity index (χ1n) is 11.8. The number of carbonyl (C=O) groups excluding carboxylic acids is 1. The van der Waals surface area contributed by atoms with Gasteiger partial charge in [0, 0.05) is 17.7 Å². The number of nitrogens with zero attached hydrogens (tertiary/aromatic N) is 2. The summed E-state index contributed by atoms with van der Waals surface area (Å²) in [6.07, 6.45) is 1.12. The molecule has 0 spiro atoms. The van der Waals surface area contributed by atoms with E-state index >= 15 is 0 Å². The summed E-state index contributed by atoms with van der Waals surface area (Å²) in [5.74, 6) is 1.08. The summed E-state index contributed by atoms with van der Waals surface area (Å²) in [5, 5.41) is 12.4. The lowest BCUT2D eigenvalue weighted by atomic mass is 9.72. The van der Waals surface area contributed by atoms with Crippen LogP contribution in [0.1, 0.15) is 48.3 Å². The van der Waals surface area contributed by atoms with Crippen molar-refractivity contribution in [2.24, 2.45) is 5.73 Å². The molecule has 3 aromatic rings. The first kappa shape index (κ1) is 23.5.